The van der Waals surface area contributed by atoms with Crippen molar-refractivity contribution in [3.8, 4) is 23.3 Å². The standard InChI is InChI=1S/C39H45N2O6P/c1-27(2)41(38(5,6)45-24-12-23-40)36-25-28(3)35(26-46-48-42)37(29(36)4)47-39(30-13-10-9-11-14-30,31-15-19-33(43-7)20-16-31)32-17-21-34(44-8)22-18-32/h9-11,13-22,25,27H,12,24,26H2,1-8H3. The third-order valence-corrected chi connectivity index (χ3v) is 8.78. The van der Waals surface area contributed by atoms with Gasteiger partial charge in [-0.25, -0.2) is 4.57 Å². The second kappa shape index (κ2) is 16.1. The highest BCUT2D eigenvalue weighted by Gasteiger charge is 2.41. The molecular formula is C39H45N2O6P. The van der Waals surface area contributed by atoms with Gasteiger partial charge >= 0.3 is 8.69 Å². The van der Waals surface area contributed by atoms with Gasteiger partial charge in [-0.3, -0.25) is 4.52 Å². The van der Waals surface area contributed by atoms with Crippen LogP contribution in [0.4, 0.5) is 5.69 Å². The summed E-state index contributed by atoms with van der Waals surface area (Å²) < 4.78 is 42.1. The fraction of sp³-hybridized carbons (Fsp3) is 0.359. The number of ether oxygens (including phenoxy) is 4. The molecule has 0 bridgehead atoms. The van der Waals surface area contributed by atoms with Gasteiger partial charge in [0.2, 0.25) is 0 Å². The minimum absolute atomic E-state index is 0.0253. The Hall–Kier alpha value is -4.41. The summed E-state index contributed by atoms with van der Waals surface area (Å²) in [6.07, 6.45) is 0.287. The van der Waals surface area contributed by atoms with Crippen LogP contribution in [0.15, 0.2) is 84.9 Å². The summed E-state index contributed by atoms with van der Waals surface area (Å²) in [6.45, 7) is 12.6. The lowest BCUT2D eigenvalue weighted by atomic mass is 9.79. The van der Waals surface area contributed by atoms with Crippen LogP contribution < -0.4 is 19.1 Å². The first kappa shape index (κ1) is 36.4. The summed E-state index contributed by atoms with van der Waals surface area (Å²) in [4.78, 5) is 2.21. The predicted octanol–water partition coefficient (Wildman–Crippen LogP) is 9.30. The molecule has 0 aromatic heterocycles. The summed E-state index contributed by atoms with van der Waals surface area (Å²) in [5.41, 5.74) is 4.18. The molecule has 252 valence electrons. The van der Waals surface area contributed by atoms with E-state index in [9.17, 15) is 9.83 Å². The maximum absolute atomic E-state index is 11.6. The van der Waals surface area contributed by atoms with Gasteiger partial charge in [-0.2, -0.15) is 5.26 Å². The van der Waals surface area contributed by atoms with Crippen molar-refractivity contribution in [1.29, 1.82) is 5.26 Å². The zero-order valence-electron chi connectivity index (χ0n) is 29.1. The van der Waals surface area contributed by atoms with Crippen LogP contribution in [0.3, 0.4) is 0 Å². The quantitative estimate of drug-likeness (QED) is 0.0505. The lowest BCUT2D eigenvalue weighted by Crippen LogP contribution is -2.50. The number of rotatable bonds is 16. The van der Waals surface area contributed by atoms with E-state index in [2.05, 4.69) is 43.0 Å². The van der Waals surface area contributed by atoms with Gasteiger partial charge in [0.15, 0.2) is 5.60 Å². The number of anilines is 1. The van der Waals surface area contributed by atoms with Gasteiger partial charge in [0, 0.05) is 39.5 Å². The highest BCUT2D eigenvalue weighted by molar-refractivity contribution is 7.17. The first-order chi connectivity index (χ1) is 23.0. The van der Waals surface area contributed by atoms with Crippen molar-refractivity contribution in [3.05, 3.63) is 118 Å². The molecule has 0 amide bonds. The molecule has 0 aliphatic rings. The van der Waals surface area contributed by atoms with E-state index in [-0.39, 0.29) is 19.1 Å². The average molecular weight is 669 g/mol. The van der Waals surface area contributed by atoms with Crippen molar-refractivity contribution in [3.63, 3.8) is 0 Å². The fourth-order valence-electron chi connectivity index (χ4n) is 6.34. The molecule has 4 aromatic carbocycles. The van der Waals surface area contributed by atoms with E-state index in [1.807, 2.05) is 94.4 Å². The molecule has 9 heteroatoms. The molecule has 0 heterocycles. The molecule has 0 spiro atoms. The van der Waals surface area contributed by atoms with Gasteiger partial charge in [0.1, 0.15) is 23.0 Å². The van der Waals surface area contributed by atoms with Crippen LogP contribution in [0.5, 0.6) is 17.2 Å². The average Bonchev–Trinajstić information content (AvgIpc) is 3.09. The number of hydrogen-bond acceptors (Lipinski definition) is 8. The minimum atomic E-state index is -1.15. The lowest BCUT2D eigenvalue weighted by molar-refractivity contribution is -0.0208. The van der Waals surface area contributed by atoms with Gasteiger partial charge < -0.3 is 23.8 Å². The smallest absolute Gasteiger partial charge is 0.327 e. The minimum Gasteiger partial charge on any atom is -0.497 e. The van der Waals surface area contributed by atoms with Crippen molar-refractivity contribution in [2.45, 2.75) is 71.9 Å². The fourth-order valence-corrected chi connectivity index (χ4v) is 6.52. The van der Waals surface area contributed by atoms with E-state index in [0.717, 1.165) is 50.6 Å². The van der Waals surface area contributed by atoms with Crippen molar-refractivity contribution in [2.24, 2.45) is 0 Å². The van der Waals surface area contributed by atoms with Crippen LogP contribution in [-0.4, -0.2) is 32.6 Å². The summed E-state index contributed by atoms with van der Waals surface area (Å²) in [6, 6.07) is 30.1. The molecule has 0 saturated carbocycles. The van der Waals surface area contributed by atoms with E-state index in [4.69, 9.17) is 23.5 Å². The van der Waals surface area contributed by atoms with Gasteiger partial charge in [0.25, 0.3) is 0 Å². The molecule has 0 aliphatic heterocycles. The Labute approximate surface area is 286 Å². The van der Waals surface area contributed by atoms with Crippen molar-refractivity contribution in [1.82, 2.24) is 0 Å². The molecule has 0 N–H and O–H groups in total. The number of benzene rings is 4. The van der Waals surface area contributed by atoms with Crippen molar-refractivity contribution in [2.75, 3.05) is 25.7 Å². The van der Waals surface area contributed by atoms with Gasteiger partial charge in [-0.05, 0) is 77.4 Å². The van der Waals surface area contributed by atoms with Gasteiger partial charge in [-0.15, -0.1) is 0 Å². The molecule has 0 aliphatic carbocycles. The molecule has 0 atom stereocenters. The SMILES string of the molecule is COc1ccc(C(Oc2c(C)c(N(C(C)C)C(C)(C)OCCC#N)cc(C)c2COP=O)(c2ccccc2)c2ccc(OC)cc2)cc1. The molecule has 0 radical (unpaired) electrons. The van der Waals surface area contributed by atoms with Crippen LogP contribution in [0, 0.1) is 25.2 Å². The Morgan fingerprint density at radius 2 is 1.40 bits per heavy atom. The van der Waals surface area contributed by atoms with E-state index < -0.39 is 20.0 Å². The van der Waals surface area contributed by atoms with Gasteiger partial charge in [-0.1, -0.05) is 54.6 Å². The first-order valence-corrected chi connectivity index (χ1v) is 16.7. The highest BCUT2D eigenvalue weighted by atomic mass is 31.1. The third-order valence-electron chi connectivity index (χ3n) is 8.54. The number of aryl methyl sites for hydroxylation is 1. The molecular weight excluding hydrogens is 623 g/mol. The van der Waals surface area contributed by atoms with Crippen LogP contribution in [-0.2, 0) is 26.0 Å². The second-order valence-electron chi connectivity index (χ2n) is 12.3. The van der Waals surface area contributed by atoms with E-state index in [1.165, 1.54) is 0 Å². The summed E-state index contributed by atoms with van der Waals surface area (Å²) in [5, 5.41) is 9.19. The van der Waals surface area contributed by atoms with Gasteiger partial charge in [0.05, 0.1) is 39.9 Å². The monoisotopic (exact) mass is 668 g/mol. The molecule has 4 rings (SSSR count). The molecule has 4 aromatic rings. The Morgan fingerprint density at radius 3 is 1.88 bits per heavy atom. The zero-order valence-corrected chi connectivity index (χ0v) is 30.0. The third kappa shape index (κ3) is 7.66. The molecule has 0 saturated heterocycles. The van der Waals surface area contributed by atoms with E-state index in [0.29, 0.717) is 12.4 Å². The Balaban J connectivity index is 2.08. The first-order valence-electron chi connectivity index (χ1n) is 16.0. The van der Waals surface area contributed by atoms with E-state index >= 15 is 0 Å². The number of nitriles is 1. The summed E-state index contributed by atoms with van der Waals surface area (Å²) >= 11 is 0. The normalized spacial score (nSPS) is 11.8. The highest BCUT2D eigenvalue weighted by Crippen LogP contribution is 2.47. The Bertz CT molecular complexity index is 1650. The molecule has 48 heavy (non-hydrogen) atoms. The Kier molecular flexibility index (Phi) is 12.2. The lowest BCUT2D eigenvalue weighted by Gasteiger charge is -2.45. The maximum atomic E-state index is 11.6. The second-order valence-corrected chi connectivity index (χ2v) is 12.7. The molecule has 8 nitrogen and oxygen atoms in total. The van der Waals surface area contributed by atoms with E-state index in [1.54, 1.807) is 14.2 Å². The number of hydrogen-bond donors (Lipinski definition) is 0. The molecule has 0 unspecified atom stereocenters. The predicted molar refractivity (Wildman–Crippen MR) is 189 cm³/mol. The van der Waals surface area contributed by atoms with Crippen LogP contribution in [0.2, 0.25) is 0 Å². The number of nitrogens with zero attached hydrogens (tertiary/aromatic N) is 2. The zero-order chi connectivity index (χ0) is 34.9. The van der Waals surface area contributed by atoms with Crippen LogP contribution >= 0.6 is 8.69 Å². The Morgan fingerprint density at radius 1 is 0.854 bits per heavy atom. The summed E-state index contributed by atoms with van der Waals surface area (Å²) in [7, 11) is 2.86. The molecule has 0 fully saturated rings. The number of methoxy groups -OCH3 is 2. The van der Waals surface area contributed by atoms with Crippen molar-refractivity contribution < 1.29 is 28.0 Å². The van der Waals surface area contributed by atoms with Crippen molar-refractivity contribution >= 4 is 14.4 Å². The largest absolute Gasteiger partial charge is 0.497 e. The topological polar surface area (TPSA) is 90.3 Å². The summed E-state index contributed by atoms with van der Waals surface area (Å²) in [5.74, 6) is 2.04. The van der Waals surface area contributed by atoms with Crippen LogP contribution in [0.1, 0.15) is 67.5 Å². The van der Waals surface area contributed by atoms with Crippen LogP contribution in [0.25, 0.3) is 0 Å². The maximum Gasteiger partial charge on any atom is 0.327 e.